The van der Waals surface area contributed by atoms with Crippen molar-refractivity contribution < 1.29 is 15.0 Å². The van der Waals surface area contributed by atoms with Crippen LogP contribution in [-0.2, 0) is 4.79 Å². The monoisotopic (exact) mass is 350 g/mol. The second-order valence-corrected chi connectivity index (χ2v) is 6.92. The topological polar surface area (TPSA) is 81.6 Å². The lowest BCUT2D eigenvalue weighted by Crippen LogP contribution is -2.29. The van der Waals surface area contributed by atoms with Crippen LogP contribution in [0.1, 0.15) is 42.9 Å². The Morgan fingerprint density at radius 3 is 2.81 bits per heavy atom. The van der Waals surface area contributed by atoms with Crippen molar-refractivity contribution in [3.05, 3.63) is 59.7 Å². The lowest BCUT2D eigenvalue weighted by molar-refractivity contribution is -0.115. The standard InChI is InChI=1S/C21H22N2O3/c1-2-20(26)22-12-6-9-18-17(10-12)14-4-3-5-15(14)21(23-18)16-8-7-13(24)11-19(16)25/h3-4,6-11,14-15,21,23-25H,2,5H2,1H3,(H,22,26). The maximum absolute atomic E-state index is 11.7. The molecular weight excluding hydrogens is 328 g/mol. The highest BCUT2D eigenvalue weighted by molar-refractivity contribution is 5.91. The molecule has 0 saturated heterocycles. The molecule has 0 bridgehead atoms. The summed E-state index contributed by atoms with van der Waals surface area (Å²) in [6.07, 6.45) is 5.74. The van der Waals surface area contributed by atoms with Gasteiger partial charge in [-0.25, -0.2) is 0 Å². The zero-order valence-electron chi connectivity index (χ0n) is 14.6. The summed E-state index contributed by atoms with van der Waals surface area (Å²) in [6, 6.07) is 10.6. The number of benzene rings is 2. The molecule has 5 nitrogen and oxygen atoms in total. The smallest absolute Gasteiger partial charge is 0.224 e. The molecule has 4 rings (SSSR count). The van der Waals surface area contributed by atoms with Gasteiger partial charge in [0, 0.05) is 35.3 Å². The lowest BCUT2D eigenvalue weighted by atomic mass is 9.76. The summed E-state index contributed by atoms with van der Waals surface area (Å²) in [7, 11) is 0. The molecule has 4 N–H and O–H groups in total. The second kappa shape index (κ2) is 6.41. The minimum Gasteiger partial charge on any atom is -0.508 e. The molecule has 3 atom stereocenters. The molecule has 1 aliphatic heterocycles. The van der Waals surface area contributed by atoms with Crippen LogP contribution >= 0.6 is 0 Å². The normalized spacial score (nSPS) is 23.0. The quantitative estimate of drug-likeness (QED) is 0.623. The SMILES string of the molecule is CCC(=O)Nc1ccc2c(c1)C1C=CCC1C(c1ccc(O)cc1O)N2. The molecule has 2 aromatic rings. The lowest BCUT2D eigenvalue weighted by Gasteiger charge is -2.38. The van der Waals surface area contributed by atoms with Crippen LogP contribution in [0.2, 0.25) is 0 Å². The van der Waals surface area contributed by atoms with Gasteiger partial charge in [0.2, 0.25) is 5.91 Å². The van der Waals surface area contributed by atoms with E-state index >= 15 is 0 Å². The Morgan fingerprint density at radius 1 is 1.19 bits per heavy atom. The van der Waals surface area contributed by atoms with Crippen LogP contribution in [0.25, 0.3) is 0 Å². The molecule has 1 amide bonds. The van der Waals surface area contributed by atoms with Gasteiger partial charge in [0.25, 0.3) is 0 Å². The fraction of sp³-hybridized carbons (Fsp3) is 0.286. The number of phenolic OH excluding ortho intramolecular Hbond substituents is 2. The summed E-state index contributed by atoms with van der Waals surface area (Å²) in [5.74, 6) is 0.653. The average Bonchev–Trinajstić information content (AvgIpc) is 3.11. The van der Waals surface area contributed by atoms with Crippen molar-refractivity contribution in [2.24, 2.45) is 5.92 Å². The Balaban J connectivity index is 1.71. The number of nitrogens with one attached hydrogen (secondary N) is 2. The maximum atomic E-state index is 11.7. The first-order chi connectivity index (χ1) is 12.6. The van der Waals surface area contributed by atoms with Gasteiger partial charge < -0.3 is 20.8 Å². The number of anilines is 2. The summed E-state index contributed by atoms with van der Waals surface area (Å²) in [6.45, 7) is 1.83. The number of rotatable bonds is 3. The second-order valence-electron chi connectivity index (χ2n) is 6.92. The molecule has 0 spiro atoms. The Labute approximate surface area is 152 Å². The number of carbonyl (C=O) groups is 1. The van der Waals surface area contributed by atoms with Crippen molar-refractivity contribution in [2.45, 2.75) is 31.7 Å². The third-order valence-corrected chi connectivity index (χ3v) is 5.32. The number of hydrogen-bond donors (Lipinski definition) is 4. The van der Waals surface area contributed by atoms with E-state index < -0.39 is 0 Å². The molecule has 3 unspecified atom stereocenters. The number of hydrogen-bond acceptors (Lipinski definition) is 4. The van der Waals surface area contributed by atoms with Crippen molar-refractivity contribution in [2.75, 3.05) is 10.6 Å². The highest BCUT2D eigenvalue weighted by Gasteiger charge is 2.38. The number of aromatic hydroxyl groups is 2. The van der Waals surface area contributed by atoms with E-state index in [-0.39, 0.29) is 35.3 Å². The molecule has 1 heterocycles. The number of allylic oxidation sites excluding steroid dienone is 2. The predicted molar refractivity (Wildman–Crippen MR) is 101 cm³/mol. The molecular formula is C21H22N2O3. The number of amides is 1. The third-order valence-electron chi connectivity index (χ3n) is 5.32. The molecule has 2 aromatic carbocycles. The predicted octanol–water partition coefficient (Wildman–Crippen LogP) is 4.27. The number of fused-ring (bicyclic) bond motifs is 3. The van der Waals surface area contributed by atoms with Gasteiger partial charge in [-0.3, -0.25) is 4.79 Å². The Bertz CT molecular complexity index is 891. The van der Waals surface area contributed by atoms with E-state index in [1.807, 2.05) is 25.1 Å². The number of carbonyl (C=O) groups excluding carboxylic acids is 1. The average molecular weight is 350 g/mol. The molecule has 0 aromatic heterocycles. The van der Waals surface area contributed by atoms with Gasteiger partial charge >= 0.3 is 0 Å². The van der Waals surface area contributed by atoms with Crippen LogP contribution in [0.4, 0.5) is 11.4 Å². The van der Waals surface area contributed by atoms with E-state index in [4.69, 9.17) is 0 Å². The summed E-state index contributed by atoms with van der Waals surface area (Å²) >= 11 is 0. The first-order valence-corrected chi connectivity index (χ1v) is 8.95. The van der Waals surface area contributed by atoms with E-state index in [1.165, 1.54) is 6.07 Å². The fourth-order valence-electron chi connectivity index (χ4n) is 4.02. The van der Waals surface area contributed by atoms with Crippen LogP contribution in [0.3, 0.4) is 0 Å². The number of phenols is 2. The Hall–Kier alpha value is -2.95. The first kappa shape index (κ1) is 16.5. The van der Waals surface area contributed by atoms with Gasteiger partial charge in [0.15, 0.2) is 0 Å². The summed E-state index contributed by atoms with van der Waals surface area (Å²) in [5.41, 5.74) is 3.76. The van der Waals surface area contributed by atoms with Crippen LogP contribution in [-0.4, -0.2) is 16.1 Å². The zero-order chi connectivity index (χ0) is 18.3. The van der Waals surface area contributed by atoms with E-state index in [2.05, 4.69) is 22.8 Å². The van der Waals surface area contributed by atoms with Gasteiger partial charge in [0.05, 0.1) is 6.04 Å². The van der Waals surface area contributed by atoms with E-state index in [1.54, 1.807) is 12.1 Å². The van der Waals surface area contributed by atoms with Crippen LogP contribution < -0.4 is 10.6 Å². The molecule has 0 saturated carbocycles. The highest BCUT2D eigenvalue weighted by atomic mass is 16.3. The van der Waals surface area contributed by atoms with E-state index in [9.17, 15) is 15.0 Å². The summed E-state index contributed by atoms with van der Waals surface area (Å²) < 4.78 is 0. The molecule has 1 aliphatic carbocycles. The van der Waals surface area contributed by atoms with Crippen molar-refractivity contribution >= 4 is 17.3 Å². The van der Waals surface area contributed by atoms with E-state index in [0.717, 1.165) is 28.9 Å². The molecule has 5 heteroatoms. The molecule has 0 fully saturated rings. The molecule has 0 radical (unpaired) electrons. The minimum atomic E-state index is -0.0424. The Morgan fingerprint density at radius 2 is 2.04 bits per heavy atom. The van der Waals surface area contributed by atoms with Crippen molar-refractivity contribution in [1.29, 1.82) is 0 Å². The largest absolute Gasteiger partial charge is 0.508 e. The molecule has 26 heavy (non-hydrogen) atoms. The van der Waals surface area contributed by atoms with Crippen molar-refractivity contribution in [3.8, 4) is 11.5 Å². The summed E-state index contributed by atoms with van der Waals surface area (Å²) in [5, 5.41) is 26.4. The van der Waals surface area contributed by atoms with E-state index in [0.29, 0.717) is 6.42 Å². The van der Waals surface area contributed by atoms with Crippen molar-refractivity contribution in [1.82, 2.24) is 0 Å². The van der Waals surface area contributed by atoms with Gasteiger partial charge in [-0.05, 0) is 48.2 Å². The molecule has 2 aliphatic rings. The van der Waals surface area contributed by atoms with Crippen LogP contribution in [0.15, 0.2) is 48.6 Å². The highest BCUT2D eigenvalue weighted by Crippen LogP contribution is 2.51. The molecule has 134 valence electrons. The fourth-order valence-corrected chi connectivity index (χ4v) is 4.02. The zero-order valence-corrected chi connectivity index (χ0v) is 14.6. The van der Waals surface area contributed by atoms with Gasteiger partial charge in [-0.2, -0.15) is 0 Å². The van der Waals surface area contributed by atoms with Gasteiger partial charge in [-0.1, -0.05) is 19.1 Å². The van der Waals surface area contributed by atoms with Crippen molar-refractivity contribution in [3.63, 3.8) is 0 Å². The maximum Gasteiger partial charge on any atom is 0.224 e. The third kappa shape index (κ3) is 2.79. The summed E-state index contributed by atoms with van der Waals surface area (Å²) in [4.78, 5) is 11.7. The van der Waals surface area contributed by atoms with Gasteiger partial charge in [-0.15, -0.1) is 0 Å². The minimum absolute atomic E-state index is 0.000810. The first-order valence-electron chi connectivity index (χ1n) is 8.95. The van der Waals surface area contributed by atoms with Crippen LogP contribution in [0.5, 0.6) is 11.5 Å². The van der Waals surface area contributed by atoms with Gasteiger partial charge in [0.1, 0.15) is 11.5 Å². The Kier molecular flexibility index (Phi) is 4.07. The van der Waals surface area contributed by atoms with Crippen LogP contribution in [0, 0.1) is 5.92 Å².